The molecule has 6 unspecified atom stereocenters. The molecule has 1 saturated heterocycles. The summed E-state index contributed by atoms with van der Waals surface area (Å²) in [7, 11) is 0. The van der Waals surface area contributed by atoms with Gasteiger partial charge in [0.1, 0.15) is 0 Å². The van der Waals surface area contributed by atoms with E-state index in [4.69, 9.17) is 5.73 Å². The summed E-state index contributed by atoms with van der Waals surface area (Å²) in [6, 6.07) is 0.516. The van der Waals surface area contributed by atoms with E-state index in [9.17, 15) is 0 Å². The summed E-state index contributed by atoms with van der Waals surface area (Å²) in [6.45, 7) is 0. The Morgan fingerprint density at radius 1 is 0.700 bits per heavy atom. The van der Waals surface area contributed by atoms with E-state index in [0.29, 0.717) is 6.04 Å². The zero-order valence-corrected chi connectivity index (χ0v) is 13.6. The van der Waals surface area contributed by atoms with Crippen molar-refractivity contribution in [3.8, 4) is 0 Å². The average molecular weight is 294 g/mol. The van der Waals surface area contributed by atoms with E-state index in [-0.39, 0.29) is 0 Å². The van der Waals surface area contributed by atoms with E-state index in [1.165, 1.54) is 57.8 Å². The lowest BCUT2D eigenvalue weighted by Gasteiger charge is -2.42. The quantitative estimate of drug-likeness (QED) is 0.765. The van der Waals surface area contributed by atoms with Crippen molar-refractivity contribution in [1.29, 1.82) is 0 Å². The van der Waals surface area contributed by atoms with E-state index < -0.39 is 0 Å². The Bertz CT molecular complexity index is 344. The molecule has 3 saturated carbocycles. The van der Waals surface area contributed by atoms with Gasteiger partial charge in [-0.1, -0.05) is 32.1 Å². The van der Waals surface area contributed by atoms with Crippen LogP contribution in [0.5, 0.6) is 0 Å². The van der Waals surface area contributed by atoms with Crippen molar-refractivity contribution in [2.24, 2.45) is 29.4 Å². The molecule has 0 amide bonds. The third kappa shape index (κ3) is 2.45. The van der Waals surface area contributed by atoms with Crippen molar-refractivity contribution in [3.63, 3.8) is 0 Å². The zero-order valence-electron chi connectivity index (χ0n) is 12.8. The minimum Gasteiger partial charge on any atom is -0.328 e. The summed E-state index contributed by atoms with van der Waals surface area (Å²) in [5, 5.41) is 2.06. The summed E-state index contributed by atoms with van der Waals surface area (Å²) in [4.78, 5) is 0. The molecule has 4 aliphatic rings. The van der Waals surface area contributed by atoms with Crippen molar-refractivity contribution in [2.75, 3.05) is 0 Å². The van der Waals surface area contributed by atoms with Crippen molar-refractivity contribution in [2.45, 2.75) is 87.2 Å². The van der Waals surface area contributed by atoms with Crippen LogP contribution in [-0.2, 0) is 0 Å². The first-order chi connectivity index (χ1) is 9.83. The minimum atomic E-state index is 0.516. The van der Waals surface area contributed by atoms with Crippen LogP contribution in [-0.4, -0.2) is 16.5 Å². The van der Waals surface area contributed by atoms with Crippen LogP contribution in [0.2, 0.25) is 0 Å². The lowest BCUT2D eigenvalue weighted by molar-refractivity contribution is 0.131. The van der Waals surface area contributed by atoms with Crippen LogP contribution < -0.4 is 5.73 Å². The minimum absolute atomic E-state index is 0.516. The average Bonchev–Trinajstić information content (AvgIpc) is 2.86. The Labute approximate surface area is 128 Å². The fraction of sp³-hybridized carbons (Fsp3) is 1.00. The van der Waals surface area contributed by atoms with E-state index in [2.05, 4.69) is 11.8 Å². The molecule has 4 fully saturated rings. The molecule has 3 aliphatic carbocycles. The molecule has 1 heterocycles. The molecule has 2 heteroatoms. The van der Waals surface area contributed by atoms with Crippen molar-refractivity contribution >= 4 is 11.8 Å². The van der Waals surface area contributed by atoms with Gasteiger partial charge in [-0.15, -0.1) is 0 Å². The van der Waals surface area contributed by atoms with Crippen LogP contribution in [0.15, 0.2) is 0 Å². The Kier molecular flexibility index (Phi) is 4.07. The lowest BCUT2D eigenvalue weighted by atomic mass is 9.65. The second kappa shape index (κ2) is 5.83. The first-order valence-electron chi connectivity index (χ1n) is 9.24. The molecule has 0 bridgehead atoms. The SMILES string of the molecule is NC1CCCC(C2CCCC3C4CCCCC4S[C@@H]23)C1. The number of nitrogens with two attached hydrogens (primary N) is 1. The predicted octanol–water partition coefficient (Wildman–Crippen LogP) is 4.59. The standard InChI is InChI=1S/C18H31NS/c19-13-6-3-5-12(11-13)14-8-4-9-16-15-7-1-2-10-17(15)20-18(14)16/h12-18H,1-11,19H2/t12?,13?,14?,15?,16?,17?,18-/m0/s1. The van der Waals surface area contributed by atoms with E-state index in [1.807, 2.05) is 0 Å². The highest BCUT2D eigenvalue weighted by Gasteiger charge is 2.50. The van der Waals surface area contributed by atoms with Gasteiger partial charge >= 0.3 is 0 Å². The van der Waals surface area contributed by atoms with Gasteiger partial charge in [0.15, 0.2) is 0 Å². The van der Waals surface area contributed by atoms with Crippen molar-refractivity contribution in [1.82, 2.24) is 0 Å². The van der Waals surface area contributed by atoms with Gasteiger partial charge in [-0.3, -0.25) is 0 Å². The van der Waals surface area contributed by atoms with Crippen LogP contribution in [0.3, 0.4) is 0 Å². The van der Waals surface area contributed by atoms with Gasteiger partial charge in [0.05, 0.1) is 0 Å². The van der Waals surface area contributed by atoms with Gasteiger partial charge < -0.3 is 5.73 Å². The van der Waals surface area contributed by atoms with Crippen molar-refractivity contribution in [3.05, 3.63) is 0 Å². The van der Waals surface area contributed by atoms with Crippen LogP contribution in [0.4, 0.5) is 0 Å². The third-order valence-corrected chi connectivity index (χ3v) is 8.86. The zero-order chi connectivity index (χ0) is 13.5. The second-order valence-electron chi connectivity index (χ2n) is 8.03. The van der Waals surface area contributed by atoms with Gasteiger partial charge in [0, 0.05) is 16.5 Å². The molecule has 0 aromatic heterocycles. The summed E-state index contributed by atoms with van der Waals surface area (Å²) in [5.41, 5.74) is 6.28. The molecule has 114 valence electrons. The van der Waals surface area contributed by atoms with Crippen molar-refractivity contribution < 1.29 is 0 Å². The highest BCUT2D eigenvalue weighted by Crippen LogP contribution is 2.58. The van der Waals surface area contributed by atoms with Crippen LogP contribution in [0, 0.1) is 23.7 Å². The number of thioether (sulfide) groups is 1. The fourth-order valence-corrected chi connectivity index (χ4v) is 8.39. The highest BCUT2D eigenvalue weighted by molar-refractivity contribution is 8.00. The molecular weight excluding hydrogens is 262 g/mol. The van der Waals surface area contributed by atoms with E-state index in [0.717, 1.165) is 34.2 Å². The molecular formula is C18H31NS. The fourth-order valence-electron chi connectivity index (χ4n) is 6.04. The first kappa shape index (κ1) is 13.9. The number of rotatable bonds is 1. The number of fused-ring (bicyclic) bond motifs is 3. The Morgan fingerprint density at radius 3 is 2.35 bits per heavy atom. The summed E-state index contributed by atoms with van der Waals surface area (Å²) in [5.74, 6) is 4.18. The molecule has 1 nitrogen and oxygen atoms in total. The largest absolute Gasteiger partial charge is 0.328 e. The maximum absolute atomic E-state index is 6.28. The van der Waals surface area contributed by atoms with Crippen LogP contribution in [0.25, 0.3) is 0 Å². The molecule has 0 radical (unpaired) electrons. The monoisotopic (exact) mass is 293 g/mol. The van der Waals surface area contributed by atoms with Gasteiger partial charge in [0.2, 0.25) is 0 Å². The van der Waals surface area contributed by atoms with Gasteiger partial charge in [-0.25, -0.2) is 0 Å². The van der Waals surface area contributed by atoms with E-state index >= 15 is 0 Å². The maximum Gasteiger partial charge on any atom is 0.0112 e. The normalized spacial score (nSPS) is 52.4. The predicted molar refractivity (Wildman–Crippen MR) is 87.9 cm³/mol. The molecule has 0 spiro atoms. The molecule has 4 rings (SSSR count). The molecule has 20 heavy (non-hydrogen) atoms. The maximum atomic E-state index is 6.28. The van der Waals surface area contributed by atoms with Crippen LogP contribution in [0.1, 0.15) is 70.6 Å². The lowest BCUT2D eigenvalue weighted by Crippen LogP contribution is -2.39. The Hall–Kier alpha value is 0.310. The summed E-state index contributed by atoms with van der Waals surface area (Å²) in [6.07, 6.45) is 16.2. The smallest absolute Gasteiger partial charge is 0.0112 e. The summed E-state index contributed by atoms with van der Waals surface area (Å²) >= 11 is 2.44. The summed E-state index contributed by atoms with van der Waals surface area (Å²) < 4.78 is 0. The third-order valence-electron chi connectivity index (χ3n) is 6.92. The molecule has 2 N–H and O–H groups in total. The Balaban J connectivity index is 1.50. The van der Waals surface area contributed by atoms with Gasteiger partial charge in [-0.05, 0) is 62.2 Å². The molecule has 0 aromatic rings. The van der Waals surface area contributed by atoms with E-state index in [1.54, 1.807) is 12.8 Å². The number of hydrogen-bond acceptors (Lipinski definition) is 2. The first-order valence-corrected chi connectivity index (χ1v) is 10.2. The highest BCUT2D eigenvalue weighted by atomic mass is 32.2. The molecule has 7 atom stereocenters. The molecule has 1 aliphatic heterocycles. The van der Waals surface area contributed by atoms with Gasteiger partial charge in [0.25, 0.3) is 0 Å². The van der Waals surface area contributed by atoms with Gasteiger partial charge in [-0.2, -0.15) is 11.8 Å². The topological polar surface area (TPSA) is 26.0 Å². The second-order valence-corrected chi connectivity index (χ2v) is 9.45. The Morgan fingerprint density at radius 2 is 1.45 bits per heavy atom. The molecule has 0 aromatic carbocycles. The van der Waals surface area contributed by atoms with Crippen LogP contribution >= 0.6 is 11.8 Å². The number of hydrogen-bond donors (Lipinski definition) is 1.